The largest absolute Gasteiger partial charge is 0.488 e. The van der Waals surface area contributed by atoms with Crippen molar-refractivity contribution in [3.8, 4) is 23.4 Å². The molecule has 0 saturated heterocycles. The summed E-state index contributed by atoms with van der Waals surface area (Å²) in [6, 6.07) is 19.8. The predicted molar refractivity (Wildman–Crippen MR) is 107 cm³/mol. The summed E-state index contributed by atoms with van der Waals surface area (Å²) < 4.78 is 11.6. The maximum Gasteiger partial charge on any atom is 0.319 e. The number of para-hydroxylation sites is 3. The number of rotatable bonds is 5. The van der Waals surface area contributed by atoms with E-state index in [2.05, 4.69) is 15.6 Å². The average Bonchev–Trinajstić information content (AvgIpc) is 3.17. The fourth-order valence-electron chi connectivity index (χ4n) is 3.06. The first kappa shape index (κ1) is 18.3. The first-order valence-corrected chi connectivity index (χ1v) is 9.14. The lowest BCUT2D eigenvalue weighted by Crippen LogP contribution is -2.37. The number of urea groups is 1. The van der Waals surface area contributed by atoms with Gasteiger partial charge in [0.15, 0.2) is 5.75 Å². The van der Waals surface area contributed by atoms with Gasteiger partial charge in [0, 0.05) is 12.6 Å². The number of ether oxygens (including phenoxy) is 2. The highest BCUT2D eigenvalue weighted by atomic mass is 16.5. The summed E-state index contributed by atoms with van der Waals surface area (Å²) in [5.74, 6) is 1.44. The molecule has 0 saturated carbocycles. The molecule has 1 aromatic heterocycles. The van der Waals surface area contributed by atoms with E-state index >= 15 is 0 Å². The molecular formula is C22H18N4O3. The van der Waals surface area contributed by atoms with Crippen LogP contribution < -0.4 is 20.1 Å². The van der Waals surface area contributed by atoms with E-state index in [1.165, 1.54) is 0 Å². The van der Waals surface area contributed by atoms with Gasteiger partial charge in [-0.15, -0.1) is 0 Å². The van der Waals surface area contributed by atoms with Crippen LogP contribution in [0.15, 0.2) is 66.9 Å². The zero-order valence-corrected chi connectivity index (χ0v) is 15.5. The van der Waals surface area contributed by atoms with Gasteiger partial charge in [-0.3, -0.25) is 0 Å². The number of hydrogen-bond acceptors (Lipinski definition) is 5. The van der Waals surface area contributed by atoms with Gasteiger partial charge in [-0.2, -0.15) is 5.26 Å². The smallest absolute Gasteiger partial charge is 0.319 e. The number of carbonyl (C=O) groups is 1. The summed E-state index contributed by atoms with van der Waals surface area (Å²) in [5.41, 5.74) is 1.92. The van der Waals surface area contributed by atoms with Gasteiger partial charge >= 0.3 is 6.03 Å². The van der Waals surface area contributed by atoms with Crippen LogP contribution in [0.1, 0.15) is 11.1 Å². The van der Waals surface area contributed by atoms with Crippen molar-refractivity contribution in [2.45, 2.75) is 12.5 Å². The SMILES string of the molecule is N#Cc1cccnc1Oc1ccccc1NC(=O)NC[C@H]1Cc2ccccc2O1. The second kappa shape index (κ2) is 8.31. The lowest BCUT2D eigenvalue weighted by Gasteiger charge is -2.15. The van der Waals surface area contributed by atoms with Gasteiger partial charge in [0.2, 0.25) is 5.88 Å². The van der Waals surface area contributed by atoms with E-state index in [1.54, 1.807) is 42.6 Å². The molecule has 0 bridgehead atoms. The zero-order chi connectivity index (χ0) is 20.1. The molecule has 0 spiro atoms. The minimum atomic E-state index is -0.373. The topological polar surface area (TPSA) is 96.3 Å². The molecule has 2 heterocycles. The molecule has 29 heavy (non-hydrogen) atoms. The minimum Gasteiger partial charge on any atom is -0.488 e. The predicted octanol–water partition coefficient (Wildman–Crippen LogP) is 3.87. The summed E-state index contributed by atoms with van der Waals surface area (Å²) >= 11 is 0. The molecule has 4 rings (SSSR count). The second-order valence-corrected chi connectivity index (χ2v) is 6.45. The zero-order valence-electron chi connectivity index (χ0n) is 15.5. The highest BCUT2D eigenvalue weighted by molar-refractivity contribution is 5.91. The number of fused-ring (bicyclic) bond motifs is 1. The number of pyridine rings is 1. The first-order valence-electron chi connectivity index (χ1n) is 9.14. The van der Waals surface area contributed by atoms with Gasteiger partial charge in [0.25, 0.3) is 0 Å². The third-order valence-corrected chi connectivity index (χ3v) is 4.44. The Hall–Kier alpha value is -4.05. The van der Waals surface area contributed by atoms with Crippen molar-refractivity contribution in [2.24, 2.45) is 0 Å². The van der Waals surface area contributed by atoms with Crippen LogP contribution in [-0.4, -0.2) is 23.7 Å². The second-order valence-electron chi connectivity index (χ2n) is 6.45. The average molecular weight is 386 g/mol. The molecular weight excluding hydrogens is 368 g/mol. The third kappa shape index (κ3) is 4.28. The van der Waals surface area contributed by atoms with Crippen molar-refractivity contribution in [3.63, 3.8) is 0 Å². The molecule has 2 aromatic carbocycles. The molecule has 1 atom stereocenters. The number of amides is 2. The standard InChI is InChI=1S/C22H18N4O3/c23-13-16-7-5-11-24-21(16)29-20-10-4-2-8-18(20)26-22(27)25-14-17-12-15-6-1-3-9-19(15)28-17/h1-11,17H,12,14H2,(H2,25,26,27)/t17-/m1/s1. The Bertz CT molecular complexity index is 1050. The van der Waals surface area contributed by atoms with Crippen LogP contribution in [0.5, 0.6) is 17.4 Å². The number of carbonyl (C=O) groups excluding carboxylic acids is 1. The number of nitrogens with zero attached hydrogens (tertiary/aromatic N) is 2. The number of nitrogens with one attached hydrogen (secondary N) is 2. The third-order valence-electron chi connectivity index (χ3n) is 4.44. The maximum atomic E-state index is 12.4. The Balaban J connectivity index is 1.37. The molecule has 1 aliphatic rings. The molecule has 0 unspecified atom stereocenters. The summed E-state index contributed by atoms with van der Waals surface area (Å²) in [6.45, 7) is 0.377. The molecule has 3 aromatic rings. The first-order chi connectivity index (χ1) is 14.2. The maximum absolute atomic E-state index is 12.4. The Kier molecular flexibility index (Phi) is 5.25. The lowest BCUT2D eigenvalue weighted by atomic mass is 10.1. The van der Waals surface area contributed by atoms with Crippen LogP contribution >= 0.6 is 0 Å². The molecule has 1 aliphatic heterocycles. The Morgan fingerprint density at radius 2 is 2.00 bits per heavy atom. The number of anilines is 1. The summed E-state index contributed by atoms with van der Waals surface area (Å²) in [7, 11) is 0. The van der Waals surface area contributed by atoms with E-state index in [4.69, 9.17) is 9.47 Å². The van der Waals surface area contributed by atoms with Gasteiger partial charge < -0.3 is 20.1 Å². The molecule has 144 valence electrons. The molecule has 2 amide bonds. The van der Waals surface area contributed by atoms with Crippen LogP contribution in [0, 0.1) is 11.3 Å². The minimum absolute atomic E-state index is 0.101. The monoisotopic (exact) mass is 386 g/mol. The highest BCUT2D eigenvalue weighted by Gasteiger charge is 2.22. The highest BCUT2D eigenvalue weighted by Crippen LogP contribution is 2.30. The van der Waals surface area contributed by atoms with Crippen LogP contribution in [0.25, 0.3) is 0 Å². The van der Waals surface area contributed by atoms with E-state index < -0.39 is 0 Å². The Morgan fingerprint density at radius 3 is 2.86 bits per heavy atom. The van der Waals surface area contributed by atoms with E-state index in [-0.39, 0.29) is 18.0 Å². The summed E-state index contributed by atoms with van der Waals surface area (Å²) in [4.78, 5) is 16.5. The van der Waals surface area contributed by atoms with Gasteiger partial charge in [-0.25, -0.2) is 9.78 Å². The summed E-state index contributed by atoms with van der Waals surface area (Å²) in [5, 5.41) is 14.8. The number of aromatic nitrogens is 1. The van der Waals surface area contributed by atoms with Gasteiger partial charge in [0.1, 0.15) is 23.5 Å². The lowest BCUT2D eigenvalue weighted by molar-refractivity contribution is 0.219. The quantitative estimate of drug-likeness (QED) is 0.694. The fourth-order valence-corrected chi connectivity index (χ4v) is 3.06. The number of benzene rings is 2. The van der Waals surface area contributed by atoms with Gasteiger partial charge in [-0.05, 0) is 35.9 Å². The van der Waals surface area contributed by atoms with E-state index in [0.29, 0.717) is 23.5 Å². The van der Waals surface area contributed by atoms with Crippen molar-refractivity contribution in [1.29, 1.82) is 5.26 Å². The molecule has 0 fully saturated rings. The Labute approximate surface area is 167 Å². The molecule has 2 N–H and O–H groups in total. The van der Waals surface area contributed by atoms with Crippen LogP contribution in [0.4, 0.5) is 10.5 Å². The van der Waals surface area contributed by atoms with Crippen molar-refractivity contribution in [2.75, 3.05) is 11.9 Å². The van der Waals surface area contributed by atoms with Crippen molar-refractivity contribution >= 4 is 11.7 Å². The van der Waals surface area contributed by atoms with E-state index in [9.17, 15) is 10.1 Å². The van der Waals surface area contributed by atoms with Crippen LogP contribution in [0.3, 0.4) is 0 Å². The van der Waals surface area contributed by atoms with E-state index in [0.717, 1.165) is 17.7 Å². The van der Waals surface area contributed by atoms with Crippen molar-refractivity contribution in [1.82, 2.24) is 10.3 Å². The van der Waals surface area contributed by atoms with Crippen molar-refractivity contribution in [3.05, 3.63) is 78.0 Å². The van der Waals surface area contributed by atoms with Crippen LogP contribution in [-0.2, 0) is 6.42 Å². The molecule has 7 nitrogen and oxygen atoms in total. The molecule has 0 aliphatic carbocycles. The van der Waals surface area contributed by atoms with Gasteiger partial charge in [0.05, 0.1) is 12.2 Å². The van der Waals surface area contributed by atoms with E-state index in [1.807, 2.05) is 30.3 Å². The number of nitriles is 1. The molecule has 0 radical (unpaired) electrons. The number of hydrogen-bond donors (Lipinski definition) is 2. The normalized spacial score (nSPS) is 14.2. The Morgan fingerprint density at radius 1 is 1.17 bits per heavy atom. The van der Waals surface area contributed by atoms with Crippen molar-refractivity contribution < 1.29 is 14.3 Å². The summed E-state index contributed by atoms with van der Waals surface area (Å²) in [6.07, 6.45) is 2.20. The molecule has 7 heteroatoms. The van der Waals surface area contributed by atoms with Gasteiger partial charge in [-0.1, -0.05) is 30.3 Å². The fraction of sp³-hybridized carbons (Fsp3) is 0.136. The van der Waals surface area contributed by atoms with Crippen LogP contribution in [0.2, 0.25) is 0 Å².